The number of aromatic hydroxyl groups is 2. The van der Waals surface area contributed by atoms with Gasteiger partial charge in [0.25, 0.3) is 0 Å². The minimum atomic E-state index is -2.26. The number of nitrogens with zero attached hydrogens (tertiary/aromatic N) is 2. The Kier molecular flexibility index (Phi) is 25.8. The number of carbonyl (C=O) groups excluding carboxylic acids is 8. The van der Waals surface area contributed by atoms with Crippen molar-refractivity contribution in [2.24, 2.45) is 23.5 Å². The fraction of sp³-hybridized carbons (Fsp3) is 0.649. The molecule has 3 aliphatic heterocycles. The first-order valence-corrected chi connectivity index (χ1v) is 29.3. The average molecular weight is 1170 g/mol. The van der Waals surface area contributed by atoms with E-state index in [2.05, 4.69) is 42.0 Å². The molecule has 15 N–H and O–H groups in total. The number of phenols is 2. The Bertz CT molecular complexity index is 2490. The molecule has 2 aromatic rings. The second-order valence-electron chi connectivity index (χ2n) is 22.5. The smallest absolute Gasteiger partial charge is 0.248 e. The Labute approximate surface area is 482 Å². The van der Waals surface area contributed by atoms with Crippen molar-refractivity contribution in [2.75, 3.05) is 13.1 Å². The number of thioether (sulfide) groups is 1. The monoisotopic (exact) mass is 1170 g/mol. The average Bonchev–Trinajstić information content (AvgIpc) is 4.12. The number of aliphatic hydroxyl groups excluding tert-OH is 7. The summed E-state index contributed by atoms with van der Waals surface area (Å²) in [5, 5.41) is 109. The lowest BCUT2D eigenvalue weighted by molar-refractivity contribution is -0.149. The number of benzene rings is 2. The van der Waals surface area contributed by atoms with Gasteiger partial charge < -0.3 is 82.8 Å². The Morgan fingerprint density at radius 2 is 1.40 bits per heavy atom. The van der Waals surface area contributed by atoms with Crippen LogP contribution >= 0.6 is 11.8 Å². The number of nitrogens with two attached hydrogens (primary N) is 1. The van der Waals surface area contributed by atoms with Crippen LogP contribution in [0.4, 0.5) is 0 Å². The van der Waals surface area contributed by atoms with Crippen LogP contribution in [-0.2, 0) is 38.4 Å². The summed E-state index contributed by atoms with van der Waals surface area (Å²) in [6.45, 7) is 6.90. The molecule has 24 nitrogen and oxygen atoms in total. The van der Waals surface area contributed by atoms with E-state index < -0.39 is 170 Å². The molecule has 0 saturated carbocycles. The number of unbranched alkanes of at least 4 members (excludes halogenated alkanes) is 5. The van der Waals surface area contributed by atoms with Crippen molar-refractivity contribution in [3.05, 3.63) is 54.1 Å². The highest BCUT2D eigenvalue weighted by molar-refractivity contribution is 8.00. The molecule has 456 valence electrons. The van der Waals surface area contributed by atoms with Crippen LogP contribution in [0.3, 0.4) is 0 Å². The standard InChI is InChI=1S/C57H85N7O17S/c1-5-30(2)23-31(3)13-10-8-6-7-9-11-16-46(74)59-39-27-44(72)55(82-37-15-12-14-35(67)24-37)62-54(79)49-41(69)21-22-63(49)57(81)48(43(71)28-45(58)73)61-52(77)38(51(76)50(75)33-17-19-34(66)20-18-33)26-42(70)40-25-36(68)29-64(40)56(80)47(32(4)65)60-53(39)78/h12,14-15,17-20,24,30-32,36,38-41,43-44,47-51,55,65-69,71-72,75-76H,5-11,13,16,21-23,25-29H2,1-4H3,(H2,58,73)(H,59,74)(H,60,78)(H,61,77)(H,62,79)/t30?,31?,32-,36-,38+,39+,40+,41+,43-,44-,47+,48+,49+,50+,51+,55-/m1/s1. The van der Waals surface area contributed by atoms with Crippen LogP contribution in [0.5, 0.6) is 11.5 Å². The zero-order valence-corrected chi connectivity index (χ0v) is 47.9. The molecule has 0 spiro atoms. The molecule has 82 heavy (non-hydrogen) atoms. The number of Topliss-reactive ketones (excluding diaryl/α,β-unsaturated/α-hetero) is 1. The molecule has 25 heteroatoms. The van der Waals surface area contributed by atoms with Gasteiger partial charge in [-0.25, -0.2) is 0 Å². The van der Waals surface area contributed by atoms with Gasteiger partial charge in [-0.15, -0.1) is 0 Å². The number of ketones is 1. The molecule has 3 aliphatic rings. The number of amides is 7. The molecule has 0 aliphatic carbocycles. The van der Waals surface area contributed by atoms with E-state index in [-0.39, 0.29) is 34.8 Å². The number of phenolic OH excluding ortho intramolecular Hbond substituents is 2. The third kappa shape index (κ3) is 19.1. The third-order valence-electron chi connectivity index (χ3n) is 15.7. The van der Waals surface area contributed by atoms with Crippen LogP contribution < -0.4 is 27.0 Å². The van der Waals surface area contributed by atoms with Crippen molar-refractivity contribution in [1.29, 1.82) is 0 Å². The van der Waals surface area contributed by atoms with Gasteiger partial charge in [-0.1, -0.05) is 95.7 Å². The summed E-state index contributed by atoms with van der Waals surface area (Å²) in [4.78, 5) is 116. The summed E-state index contributed by atoms with van der Waals surface area (Å²) in [5.41, 5.74) is 5.35. The van der Waals surface area contributed by atoms with E-state index in [1.807, 2.05) is 0 Å². The fourth-order valence-corrected chi connectivity index (χ4v) is 12.0. The predicted octanol–water partition coefficient (Wildman–Crippen LogP) is 0.255. The van der Waals surface area contributed by atoms with E-state index in [0.717, 1.165) is 79.1 Å². The quantitative estimate of drug-likeness (QED) is 0.0703. The van der Waals surface area contributed by atoms with Gasteiger partial charge in [0, 0.05) is 43.7 Å². The third-order valence-corrected chi connectivity index (χ3v) is 16.9. The normalized spacial score (nSPS) is 27.6. The predicted molar refractivity (Wildman–Crippen MR) is 298 cm³/mol. The van der Waals surface area contributed by atoms with Gasteiger partial charge in [-0.2, -0.15) is 0 Å². The van der Waals surface area contributed by atoms with Crippen molar-refractivity contribution < 1.29 is 84.3 Å². The van der Waals surface area contributed by atoms with Gasteiger partial charge in [0.1, 0.15) is 47.1 Å². The number of fused-ring (bicyclic) bond motifs is 2. The van der Waals surface area contributed by atoms with E-state index >= 15 is 0 Å². The van der Waals surface area contributed by atoms with Gasteiger partial charge in [-0.05, 0) is 73.9 Å². The first kappa shape index (κ1) is 66.9. The maximum absolute atomic E-state index is 14.8. The molecule has 0 aromatic heterocycles. The summed E-state index contributed by atoms with van der Waals surface area (Å²) in [6.07, 6.45) is -8.08. The van der Waals surface area contributed by atoms with Crippen LogP contribution in [0.1, 0.15) is 136 Å². The van der Waals surface area contributed by atoms with E-state index in [1.54, 1.807) is 0 Å². The highest BCUT2D eigenvalue weighted by Crippen LogP contribution is 2.33. The first-order chi connectivity index (χ1) is 38.8. The maximum atomic E-state index is 14.8. The van der Waals surface area contributed by atoms with Crippen LogP contribution in [0.25, 0.3) is 0 Å². The van der Waals surface area contributed by atoms with E-state index in [4.69, 9.17) is 5.73 Å². The Hall–Kier alpha value is -5.93. The molecule has 2 unspecified atom stereocenters. The summed E-state index contributed by atoms with van der Waals surface area (Å²) < 4.78 is 0. The lowest BCUT2D eigenvalue weighted by atomic mass is 9.86. The molecule has 2 aromatic carbocycles. The molecular formula is C57H85N7O17S. The van der Waals surface area contributed by atoms with E-state index in [0.29, 0.717) is 24.7 Å². The van der Waals surface area contributed by atoms with E-state index in [1.165, 1.54) is 42.8 Å². The largest absolute Gasteiger partial charge is 0.508 e. The van der Waals surface area contributed by atoms with Gasteiger partial charge in [-0.3, -0.25) is 38.4 Å². The van der Waals surface area contributed by atoms with Crippen LogP contribution in [-0.4, -0.2) is 188 Å². The minimum absolute atomic E-state index is 0.0597. The zero-order chi connectivity index (χ0) is 60.5. The molecule has 16 atom stereocenters. The van der Waals surface area contributed by atoms with Crippen molar-refractivity contribution in [3.63, 3.8) is 0 Å². The molecule has 5 rings (SSSR count). The van der Waals surface area contributed by atoms with Crippen molar-refractivity contribution in [3.8, 4) is 11.5 Å². The minimum Gasteiger partial charge on any atom is -0.508 e. The molecular weight excluding hydrogens is 1090 g/mol. The van der Waals surface area contributed by atoms with Gasteiger partial charge in [0.05, 0.1) is 55.0 Å². The van der Waals surface area contributed by atoms with Crippen LogP contribution in [0, 0.1) is 17.8 Å². The molecule has 3 saturated heterocycles. The molecule has 0 radical (unpaired) electrons. The molecule has 7 amide bonds. The number of aliphatic hydroxyl groups is 7. The summed E-state index contributed by atoms with van der Waals surface area (Å²) in [6, 6.07) is 1.01. The molecule has 0 bridgehead atoms. The number of nitrogens with one attached hydrogen (secondary N) is 4. The Morgan fingerprint density at radius 3 is 2.05 bits per heavy atom. The summed E-state index contributed by atoms with van der Waals surface area (Å²) >= 11 is 0.760. The van der Waals surface area contributed by atoms with E-state index in [9.17, 15) is 84.3 Å². The zero-order valence-electron chi connectivity index (χ0n) is 47.0. The fourth-order valence-electron chi connectivity index (χ4n) is 10.9. The summed E-state index contributed by atoms with van der Waals surface area (Å²) in [5.74, 6) is -10.1. The topological polar surface area (TPSA) is 399 Å². The lowest BCUT2D eigenvalue weighted by Crippen LogP contribution is -2.61. The molecule has 3 heterocycles. The van der Waals surface area contributed by atoms with Crippen molar-refractivity contribution >= 4 is 58.9 Å². The second kappa shape index (κ2) is 31.7. The summed E-state index contributed by atoms with van der Waals surface area (Å²) in [7, 11) is 0. The highest BCUT2D eigenvalue weighted by atomic mass is 32.2. The van der Waals surface area contributed by atoms with Gasteiger partial charge in [0.2, 0.25) is 41.4 Å². The van der Waals surface area contributed by atoms with Crippen LogP contribution in [0.15, 0.2) is 53.4 Å². The number of carbonyl (C=O) groups is 8. The first-order valence-electron chi connectivity index (χ1n) is 28.4. The molecule has 3 fully saturated rings. The lowest BCUT2D eigenvalue weighted by Gasteiger charge is -2.34. The number of hydrogen-bond acceptors (Lipinski definition) is 18. The van der Waals surface area contributed by atoms with Crippen molar-refractivity contribution in [1.82, 2.24) is 31.1 Å². The number of primary amides is 1. The highest BCUT2D eigenvalue weighted by Gasteiger charge is 2.49. The van der Waals surface area contributed by atoms with Gasteiger partial charge >= 0.3 is 0 Å². The SMILES string of the molecule is CCC(C)CC(C)CCCCCCCCC(=O)N[C@H]1C[C@@H](O)[C@@H](Sc2cccc(O)c2)NC(=O)[C@@H]2[C@@H](O)CCN2C(=O)[C@H]([C@H](O)CC(N)=O)NC(=O)[C@H]([C@H](O)[C@@H](O)c2ccc(O)cc2)CC(=O)[C@@H]2C[C@@H](O)CN2C(=O)[C@H]([C@@H](C)O)NC1=O. The van der Waals surface area contributed by atoms with Gasteiger partial charge in [0.15, 0.2) is 5.78 Å². The Morgan fingerprint density at radius 1 is 0.756 bits per heavy atom. The van der Waals surface area contributed by atoms with Crippen molar-refractivity contribution in [2.45, 2.75) is 207 Å². The maximum Gasteiger partial charge on any atom is 0.248 e. The Balaban J connectivity index is 1.55. The second-order valence-corrected chi connectivity index (χ2v) is 23.7. The number of rotatable bonds is 22. The van der Waals surface area contributed by atoms with Crippen LogP contribution in [0.2, 0.25) is 0 Å². The number of hydrogen-bond donors (Lipinski definition) is 14.